The minimum atomic E-state index is -0.577. The molecule has 2 N–H and O–H groups in total. The van der Waals surface area contributed by atoms with Crippen LogP contribution in [0.3, 0.4) is 0 Å². The first-order valence-corrected chi connectivity index (χ1v) is 8.64. The van der Waals surface area contributed by atoms with Gasteiger partial charge in [-0.2, -0.15) is 0 Å². The van der Waals surface area contributed by atoms with Gasteiger partial charge in [0, 0.05) is 43.6 Å². The highest BCUT2D eigenvalue weighted by Gasteiger charge is 2.22. The molecule has 6 nitrogen and oxygen atoms in total. The summed E-state index contributed by atoms with van der Waals surface area (Å²) >= 11 is 0. The molecule has 128 valence electrons. The summed E-state index contributed by atoms with van der Waals surface area (Å²) in [6, 6.07) is 8.03. The summed E-state index contributed by atoms with van der Waals surface area (Å²) < 4.78 is 0. The lowest BCUT2D eigenvalue weighted by atomic mass is 10.0. The van der Waals surface area contributed by atoms with Gasteiger partial charge in [-0.25, -0.2) is 9.97 Å². The molecule has 6 heteroatoms. The van der Waals surface area contributed by atoms with E-state index in [1.165, 1.54) is 0 Å². The molecule has 0 aromatic carbocycles. The van der Waals surface area contributed by atoms with Crippen LogP contribution in [0.2, 0.25) is 0 Å². The number of nitrogens with zero attached hydrogens (tertiary/aromatic N) is 4. The van der Waals surface area contributed by atoms with Crippen molar-refractivity contribution >= 4 is 5.82 Å². The predicted molar refractivity (Wildman–Crippen MR) is 93.8 cm³/mol. The van der Waals surface area contributed by atoms with Gasteiger partial charge >= 0.3 is 0 Å². The van der Waals surface area contributed by atoms with Crippen LogP contribution in [-0.2, 0) is 6.42 Å². The van der Waals surface area contributed by atoms with Crippen molar-refractivity contribution in [2.24, 2.45) is 0 Å². The van der Waals surface area contributed by atoms with Crippen LogP contribution in [0.25, 0.3) is 0 Å². The molecular weight excluding hydrogens is 302 g/mol. The molecule has 0 amide bonds. The first-order valence-electron chi connectivity index (χ1n) is 8.64. The molecule has 24 heavy (non-hydrogen) atoms. The lowest BCUT2D eigenvalue weighted by molar-refractivity contribution is 0.163. The zero-order valence-electron chi connectivity index (χ0n) is 14.1. The van der Waals surface area contributed by atoms with Crippen molar-refractivity contribution in [2.75, 3.05) is 24.5 Å². The minimum absolute atomic E-state index is 0.345. The summed E-state index contributed by atoms with van der Waals surface area (Å²) in [5.41, 5.74) is 1.78. The van der Waals surface area contributed by atoms with Gasteiger partial charge in [0.15, 0.2) is 0 Å². The Morgan fingerprint density at radius 2 is 2.25 bits per heavy atom. The average molecular weight is 327 g/mol. The number of aliphatic hydroxyl groups is 1. The fraction of sp³-hybridized carbons (Fsp3) is 0.500. The highest BCUT2D eigenvalue weighted by Crippen LogP contribution is 2.19. The third-order valence-electron chi connectivity index (χ3n) is 4.45. The summed E-state index contributed by atoms with van der Waals surface area (Å²) in [4.78, 5) is 15.2. The van der Waals surface area contributed by atoms with E-state index in [-0.39, 0.29) is 0 Å². The molecule has 2 aromatic rings. The Bertz CT molecular complexity index is 636. The molecule has 0 saturated carbocycles. The second-order valence-corrected chi connectivity index (χ2v) is 6.18. The van der Waals surface area contributed by atoms with Crippen LogP contribution in [0.5, 0.6) is 0 Å². The second kappa shape index (κ2) is 8.17. The molecule has 1 aliphatic rings. The Balaban J connectivity index is 1.55. The molecule has 3 heterocycles. The van der Waals surface area contributed by atoms with Gasteiger partial charge in [0.25, 0.3) is 0 Å². The van der Waals surface area contributed by atoms with Crippen molar-refractivity contribution in [3.05, 3.63) is 48.2 Å². The van der Waals surface area contributed by atoms with Crippen LogP contribution in [0.4, 0.5) is 5.82 Å². The molecular formula is C18H25N5O. The van der Waals surface area contributed by atoms with Crippen LogP contribution in [0.1, 0.15) is 37.3 Å². The molecule has 0 bridgehead atoms. The summed E-state index contributed by atoms with van der Waals surface area (Å²) in [6.45, 7) is 4.53. The summed E-state index contributed by atoms with van der Waals surface area (Å²) in [7, 11) is 0. The van der Waals surface area contributed by atoms with E-state index in [4.69, 9.17) is 0 Å². The lowest BCUT2D eigenvalue weighted by Gasteiger charge is -2.34. The molecule has 2 atom stereocenters. The van der Waals surface area contributed by atoms with E-state index in [1.54, 1.807) is 12.5 Å². The van der Waals surface area contributed by atoms with E-state index < -0.39 is 6.10 Å². The van der Waals surface area contributed by atoms with Crippen molar-refractivity contribution in [1.82, 2.24) is 20.3 Å². The fourth-order valence-corrected chi connectivity index (χ4v) is 3.06. The quantitative estimate of drug-likeness (QED) is 0.842. The van der Waals surface area contributed by atoms with Crippen LogP contribution in [-0.4, -0.2) is 45.7 Å². The number of pyridine rings is 1. The van der Waals surface area contributed by atoms with Gasteiger partial charge in [0.1, 0.15) is 18.2 Å². The first kappa shape index (κ1) is 16.8. The highest BCUT2D eigenvalue weighted by atomic mass is 16.3. The molecule has 1 saturated heterocycles. The minimum Gasteiger partial charge on any atom is -0.385 e. The van der Waals surface area contributed by atoms with Crippen molar-refractivity contribution < 1.29 is 5.11 Å². The zero-order chi connectivity index (χ0) is 16.8. The third kappa shape index (κ3) is 4.27. The standard InChI is InChI=1S/C18H25N5O/c1-2-14-10-18(22-13-21-14)23-9-5-6-15(12-23)20-11-17(24)16-7-3-4-8-19-16/h3-4,7-8,10,13,15,17,20,24H,2,5-6,9,11-12H2,1H3. The molecule has 2 unspecified atom stereocenters. The number of nitrogens with one attached hydrogen (secondary N) is 1. The van der Waals surface area contributed by atoms with E-state index in [9.17, 15) is 5.11 Å². The van der Waals surface area contributed by atoms with E-state index in [1.807, 2.05) is 18.2 Å². The molecule has 2 aromatic heterocycles. The van der Waals surface area contributed by atoms with Gasteiger partial charge in [-0.15, -0.1) is 0 Å². The fourth-order valence-electron chi connectivity index (χ4n) is 3.06. The van der Waals surface area contributed by atoms with Crippen LogP contribution in [0, 0.1) is 0 Å². The van der Waals surface area contributed by atoms with Gasteiger partial charge in [-0.3, -0.25) is 4.98 Å². The molecule has 0 aliphatic carbocycles. The van der Waals surface area contributed by atoms with Gasteiger partial charge < -0.3 is 15.3 Å². The monoisotopic (exact) mass is 327 g/mol. The largest absolute Gasteiger partial charge is 0.385 e. The number of aromatic nitrogens is 3. The number of rotatable bonds is 6. The van der Waals surface area contributed by atoms with Gasteiger partial charge in [-0.1, -0.05) is 13.0 Å². The van der Waals surface area contributed by atoms with Crippen molar-refractivity contribution in [2.45, 2.75) is 38.3 Å². The normalized spacial score (nSPS) is 19.2. The topological polar surface area (TPSA) is 74.2 Å². The SMILES string of the molecule is CCc1cc(N2CCCC(NCC(O)c3ccccn3)C2)ncn1. The van der Waals surface area contributed by atoms with Gasteiger partial charge in [0.05, 0.1) is 5.69 Å². The average Bonchev–Trinajstić information content (AvgIpc) is 2.67. The van der Waals surface area contributed by atoms with Crippen molar-refractivity contribution in [1.29, 1.82) is 0 Å². The molecule has 1 fully saturated rings. The number of aliphatic hydroxyl groups excluding tert-OH is 1. The Hall–Kier alpha value is -2.05. The number of hydrogen-bond acceptors (Lipinski definition) is 6. The third-order valence-corrected chi connectivity index (χ3v) is 4.45. The Labute approximate surface area is 143 Å². The Morgan fingerprint density at radius 1 is 1.33 bits per heavy atom. The van der Waals surface area contributed by atoms with Crippen LogP contribution in [0.15, 0.2) is 36.8 Å². The second-order valence-electron chi connectivity index (χ2n) is 6.18. The number of hydrogen-bond donors (Lipinski definition) is 2. The maximum absolute atomic E-state index is 10.2. The van der Waals surface area contributed by atoms with E-state index >= 15 is 0 Å². The number of piperidine rings is 1. The zero-order valence-corrected chi connectivity index (χ0v) is 14.1. The molecule has 3 rings (SSSR count). The number of anilines is 1. The van der Waals surface area contributed by atoms with E-state index in [0.717, 1.165) is 43.9 Å². The van der Waals surface area contributed by atoms with Crippen molar-refractivity contribution in [3.8, 4) is 0 Å². The van der Waals surface area contributed by atoms with Gasteiger partial charge in [0.2, 0.25) is 0 Å². The first-order chi connectivity index (χ1) is 11.8. The predicted octanol–water partition coefficient (Wildman–Crippen LogP) is 1.73. The Kier molecular flexibility index (Phi) is 5.72. The molecule has 1 aliphatic heterocycles. The summed E-state index contributed by atoms with van der Waals surface area (Å²) in [5.74, 6) is 0.999. The highest BCUT2D eigenvalue weighted by molar-refractivity contribution is 5.39. The Morgan fingerprint density at radius 3 is 3.04 bits per heavy atom. The van der Waals surface area contributed by atoms with Crippen LogP contribution >= 0.6 is 0 Å². The molecule has 0 radical (unpaired) electrons. The van der Waals surface area contributed by atoms with E-state index in [0.29, 0.717) is 18.3 Å². The van der Waals surface area contributed by atoms with Crippen LogP contribution < -0.4 is 10.2 Å². The van der Waals surface area contributed by atoms with Crippen molar-refractivity contribution in [3.63, 3.8) is 0 Å². The number of aryl methyl sites for hydroxylation is 1. The van der Waals surface area contributed by atoms with Gasteiger partial charge in [-0.05, 0) is 31.4 Å². The lowest BCUT2D eigenvalue weighted by Crippen LogP contribution is -2.47. The molecule has 0 spiro atoms. The maximum Gasteiger partial charge on any atom is 0.132 e. The summed E-state index contributed by atoms with van der Waals surface area (Å²) in [5, 5.41) is 13.7. The summed E-state index contributed by atoms with van der Waals surface area (Å²) in [6.07, 6.45) is 5.92. The smallest absolute Gasteiger partial charge is 0.132 e. The maximum atomic E-state index is 10.2. The van der Waals surface area contributed by atoms with E-state index in [2.05, 4.69) is 38.2 Å².